The molecule has 0 fully saturated rings. The van der Waals surface area contributed by atoms with Crippen LogP contribution in [0.4, 0.5) is 4.79 Å². The number of hydrogen-bond acceptors (Lipinski definition) is 7. The van der Waals surface area contributed by atoms with Gasteiger partial charge in [0.1, 0.15) is 0 Å². The van der Waals surface area contributed by atoms with Crippen molar-refractivity contribution in [2.75, 3.05) is 13.2 Å². The van der Waals surface area contributed by atoms with Gasteiger partial charge >= 0.3 is 12.0 Å². The highest BCUT2D eigenvalue weighted by Gasteiger charge is 2.13. The van der Waals surface area contributed by atoms with E-state index in [1.54, 1.807) is 0 Å². The van der Waals surface area contributed by atoms with Gasteiger partial charge in [-0.1, -0.05) is 31.0 Å². The number of rotatable bonds is 9. The quantitative estimate of drug-likeness (QED) is 0.498. The summed E-state index contributed by atoms with van der Waals surface area (Å²) in [6.07, 6.45) is 1.92. The van der Waals surface area contributed by atoms with Crippen molar-refractivity contribution in [1.82, 2.24) is 20.8 Å². The van der Waals surface area contributed by atoms with E-state index in [9.17, 15) is 14.4 Å². The highest BCUT2D eigenvalue weighted by molar-refractivity contribution is 5.95. The van der Waals surface area contributed by atoms with Crippen molar-refractivity contribution in [1.29, 1.82) is 0 Å². The molecule has 1 aromatic heterocycles. The fourth-order valence-electron chi connectivity index (χ4n) is 2.18. The summed E-state index contributed by atoms with van der Waals surface area (Å²) in [6, 6.07) is 7.01. The Morgan fingerprint density at radius 1 is 1.14 bits per heavy atom. The Morgan fingerprint density at radius 2 is 1.89 bits per heavy atom. The molecule has 0 atom stereocenters. The van der Waals surface area contributed by atoms with E-state index in [2.05, 4.69) is 20.8 Å². The molecule has 2 rings (SSSR count). The van der Waals surface area contributed by atoms with Crippen molar-refractivity contribution in [2.45, 2.75) is 39.5 Å². The van der Waals surface area contributed by atoms with Crippen molar-refractivity contribution in [3.63, 3.8) is 0 Å². The number of benzene rings is 1. The molecule has 0 radical (unpaired) electrons. The molecule has 0 saturated heterocycles. The number of nitrogens with one attached hydrogen (secondary N) is 2. The predicted octanol–water partition coefficient (Wildman–Crippen LogP) is 2.15. The summed E-state index contributed by atoms with van der Waals surface area (Å²) in [7, 11) is 0. The fraction of sp³-hybridized carbons (Fsp3) is 0.421. The first-order valence-electron chi connectivity index (χ1n) is 9.10. The van der Waals surface area contributed by atoms with Gasteiger partial charge in [0, 0.05) is 18.5 Å². The van der Waals surface area contributed by atoms with Gasteiger partial charge in [-0.15, -0.1) is 10.2 Å². The standard InChI is InChI=1S/C19H24N4O5/c1-3-4-11-20-19(26)21-15(24)12-27-17(25)10-9-16-22-23-18(28-16)14-7-5-13(2)6-8-14/h5-8H,3-4,9-12H2,1-2H3,(H2,20,21,24,26). The minimum atomic E-state index is -0.693. The molecule has 28 heavy (non-hydrogen) atoms. The monoisotopic (exact) mass is 388 g/mol. The van der Waals surface area contributed by atoms with Gasteiger partial charge in [0.05, 0.1) is 6.42 Å². The third kappa shape index (κ3) is 7.18. The minimum absolute atomic E-state index is 0.0223. The zero-order valence-electron chi connectivity index (χ0n) is 16.0. The van der Waals surface area contributed by atoms with Crippen LogP contribution in [0.3, 0.4) is 0 Å². The molecule has 0 unspecified atom stereocenters. The van der Waals surface area contributed by atoms with Crippen LogP contribution in [0.2, 0.25) is 0 Å². The molecule has 0 aliphatic carbocycles. The highest BCUT2D eigenvalue weighted by Crippen LogP contribution is 2.18. The number of carbonyl (C=O) groups excluding carboxylic acids is 3. The Kier molecular flexibility index (Phi) is 8.13. The summed E-state index contributed by atoms with van der Waals surface area (Å²) < 4.78 is 10.4. The number of amides is 3. The zero-order valence-corrected chi connectivity index (χ0v) is 16.0. The van der Waals surface area contributed by atoms with Gasteiger partial charge in [-0.05, 0) is 25.5 Å². The molecule has 2 N–H and O–H groups in total. The smallest absolute Gasteiger partial charge is 0.321 e. The maximum Gasteiger partial charge on any atom is 0.321 e. The third-order valence-corrected chi connectivity index (χ3v) is 3.74. The molecule has 2 aromatic rings. The first-order valence-corrected chi connectivity index (χ1v) is 9.10. The van der Waals surface area contributed by atoms with Crippen molar-refractivity contribution >= 4 is 17.9 Å². The SMILES string of the molecule is CCCCNC(=O)NC(=O)COC(=O)CCc1nnc(-c2ccc(C)cc2)o1. The van der Waals surface area contributed by atoms with Crippen LogP contribution in [-0.4, -0.2) is 41.3 Å². The van der Waals surface area contributed by atoms with Gasteiger partial charge in [0.15, 0.2) is 6.61 Å². The van der Waals surface area contributed by atoms with Crippen LogP contribution >= 0.6 is 0 Å². The molecular formula is C19H24N4O5. The second kappa shape index (κ2) is 10.8. The second-order valence-corrected chi connectivity index (χ2v) is 6.19. The molecule has 0 bridgehead atoms. The summed E-state index contributed by atoms with van der Waals surface area (Å²) in [5, 5.41) is 12.5. The lowest BCUT2D eigenvalue weighted by Crippen LogP contribution is -2.41. The van der Waals surface area contributed by atoms with Crippen molar-refractivity contribution in [3.8, 4) is 11.5 Å². The number of aryl methyl sites for hydroxylation is 2. The van der Waals surface area contributed by atoms with E-state index in [-0.39, 0.29) is 12.8 Å². The maximum atomic E-state index is 11.7. The molecule has 9 heteroatoms. The average molecular weight is 388 g/mol. The Balaban J connectivity index is 1.69. The van der Waals surface area contributed by atoms with E-state index in [0.29, 0.717) is 18.3 Å². The van der Waals surface area contributed by atoms with E-state index in [1.807, 2.05) is 38.1 Å². The predicted molar refractivity (Wildman–Crippen MR) is 100 cm³/mol. The van der Waals surface area contributed by atoms with Gasteiger partial charge in [0.25, 0.3) is 5.91 Å². The molecule has 1 heterocycles. The summed E-state index contributed by atoms with van der Waals surface area (Å²) in [4.78, 5) is 34.7. The van der Waals surface area contributed by atoms with Crippen molar-refractivity contribution < 1.29 is 23.5 Å². The van der Waals surface area contributed by atoms with Crippen LogP contribution in [0.5, 0.6) is 0 Å². The number of aromatic nitrogens is 2. The molecule has 1 aromatic carbocycles. The molecular weight excluding hydrogens is 364 g/mol. The topological polar surface area (TPSA) is 123 Å². The molecule has 0 aliphatic heterocycles. The van der Waals surface area contributed by atoms with E-state index in [4.69, 9.17) is 9.15 Å². The molecule has 3 amide bonds. The summed E-state index contributed by atoms with van der Waals surface area (Å²) in [6.45, 7) is 3.91. The number of imide groups is 1. The largest absolute Gasteiger partial charge is 0.456 e. The van der Waals surface area contributed by atoms with E-state index in [0.717, 1.165) is 24.0 Å². The number of unbranched alkanes of at least 4 members (excludes halogenated alkanes) is 1. The third-order valence-electron chi connectivity index (χ3n) is 3.74. The molecule has 0 saturated carbocycles. The Morgan fingerprint density at radius 3 is 2.61 bits per heavy atom. The van der Waals surface area contributed by atoms with Gasteiger partial charge in [-0.2, -0.15) is 0 Å². The van der Waals surface area contributed by atoms with Crippen LogP contribution in [0.1, 0.15) is 37.6 Å². The first kappa shape index (κ1) is 21.1. The highest BCUT2D eigenvalue weighted by atomic mass is 16.5. The molecule has 150 valence electrons. The number of urea groups is 1. The van der Waals surface area contributed by atoms with E-state index >= 15 is 0 Å². The molecule has 0 spiro atoms. The van der Waals surface area contributed by atoms with Crippen molar-refractivity contribution in [3.05, 3.63) is 35.7 Å². The Labute approximate surface area is 162 Å². The number of nitrogens with zero attached hydrogens (tertiary/aromatic N) is 2. The Hall–Kier alpha value is -3.23. The summed E-state index contributed by atoms with van der Waals surface area (Å²) in [5.74, 6) is -0.623. The minimum Gasteiger partial charge on any atom is -0.456 e. The van der Waals surface area contributed by atoms with Crippen LogP contribution in [0, 0.1) is 6.92 Å². The van der Waals surface area contributed by atoms with Crippen LogP contribution < -0.4 is 10.6 Å². The average Bonchev–Trinajstić information content (AvgIpc) is 3.14. The number of ether oxygens (including phenoxy) is 1. The summed E-state index contributed by atoms with van der Waals surface area (Å²) >= 11 is 0. The fourth-order valence-corrected chi connectivity index (χ4v) is 2.18. The van der Waals surface area contributed by atoms with Gasteiger partial charge in [-0.3, -0.25) is 14.9 Å². The summed E-state index contributed by atoms with van der Waals surface area (Å²) in [5.41, 5.74) is 1.91. The number of esters is 1. The lowest BCUT2D eigenvalue weighted by molar-refractivity contribution is -0.148. The first-order chi connectivity index (χ1) is 13.5. The molecule has 0 aliphatic rings. The second-order valence-electron chi connectivity index (χ2n) is 6.19. The van der Waals surface area contributed by atoms with Gasteiger partial charge in [0.2, 0.25) is 11.8 Å². The van der Waals surface area contributed by atoms with Crippen molar-refractivity contribution in [2.24, 2.45) is 0 Å². The zero-order chi connectivity index (χ0) is 20.4. The van der Waals surface area contributed by atoms with Crippen LogP contribution in [0.25, 0.3) is 11.5 Å². The Bertz CT molecular complexity index is 801. The normalized spacial score (nSPS) is 10.4. The number of hydrogen-bond donors (Lipinski definition) is 2. The van der Waals surface area contributed by atoms with E-state index < -0.39 is 24.5 Å². The van der Waals surface area contributed by atoms with E-state index in [1.165, 1.54) is 0 Å². The maximum absolute atomic E-state index is 11.7. The lowest BCUT2D eigenvalue weighted by Gasteiger charge is -2.06. The van der Waals surface area contributed by atoms with Gasteiger partial charge in [-0.25, -0.2) is 4.79 Å². The van der Waals surface area contributed by atoms with Gasteiger partial charge < -0.3 is 14.5 Å². The number of carbonyl (C=O) groups is 3. The van der Waals surface area contributed by atoms with Crippen LogP contribution in [-0.2, 0) is 20.7 Å². The lowest BCUT2D eigenvalue weighted by atomic mass is 10.1. The molecule has 9 nitrogen and oxygen atoms in total. The van der Waals surface area contributed by atoms with Crippen LogP contribution in [0.15, 0.2) is 28.7 Å².